The van der Waals surface area contributed by atoms with Crippen LogP contribution < -0.4 is 0 Å². The Kier molecular flexibility index (Phi) is 3.37. The molecule has 0 unspecified atom stereocenters. The number of para-hydroxylation sites is 1. The quantitative estimate of drug-likeness (QED) is 0.272. The van der Waals surface area contributed by atoms with Crippen LogP contribution in [0.2, 0.25) is 0 Å². The molecule has 0 atom stereocenters. The van der Waals surface area contributed by atoms with Crippen LogP contribution in [0.5, 0.6) is 0 Å². The second-order valence-electron chi connectivity index (χ2n) is 9.23. The SMILES string of the molecule is CC1(C)c2ccccc2-c2c1c1c3ccccc3n(-c3ccccn3)c1c1ccccc21. The maximum atomic E-state index is 4.76. The normalized spacial score (nSPS) is 14.2. The first kappa shape index (κ1) is 17.7. The van der Waals surface area contributed by atoms with Gasteiger partial charge in [-0.1, -0.05) is 86.6 Å². The van der Waals surface area contributed by atoms with Crippen molar-refractivity contribution >= 4 is 32.6 Å². The second-order valence-corrected chi connectivity index (χ2v) is 9.23. The van der Waals surface area contributed by atoms with Gasteiger partial charge in [0.1, 0.15) is 5.82 Å². The molecule has 2 aromatic heterocycles. The Hall–Kier alpha value is -3.91. The monoisotopic (exact) mass is 410 g/mol. The number of benzene rings is 4. The molecular formula is C30H22N2. The van der Waals surface area contributed by atoms with E-state index in [0.29, 0.717) is 0 Å². The standard InChI is InChI=1S/C30H22N2/c1-30(2)23-15-7-5-13-21(23)26-19-11-3-4-12-20(19)29-27(28(26)30)22-14-6-8-16-24(22)32(29)25-17-9-10-18-31-25/h3-18H,1-2H3. The van der Waals surface area contributed by atoms with E-state index in [4.69, 9.17) is 4.98 Å². The average molecular weight is 411 g/mol. The van der Waals surface area contributed by atoms with Crippen molar-refractivity contribution in [1.29, 1.82) is 0 Å². The third kappa shape index (κ3) is 2.07. The van der Waals surface area contributed by atoms with Crippen molar-refractivity contribution in [3.05, 3.63) is 108 Å². The highest BCUT2D eigenvalue weighted by Gasteiger charge is 2.39. The topological polar surface area (TPSA) is 17.8 Å². The fourth-order valence-electron chi connectivity index (χ4n) is 5.92. The van der Waals surface area contributed by atoms with Crippen LogP contribution in [-0.2, 0) is 5.41 Å². The summed E-state index contributed by atoms with van der Waals surface area (Å²) in [6.07, 6.45) is 1.88. The lowest BCUT2D eigenvalue weighted by Crippen LogP contribution is -2.15. The van der Waals surface area contributed by atoms with Crippen LogP contribution in [0.1, 0.15) is 25.0 Å². The molecule has 1 aliphatic rings. The van der Waals surface area contributed by atoms with Gasteiger partial charge in [-0.3, -0.25) is 4.57 Å². The van der Waals surface area contributed by atoms with Gasteiger partial charge in [0.2, 0.25) is 0 Å². The lowest BCUT2D eigenvalue weighted by atomic mass is 9.79. The molecule has 0 bridgehead atoms. The molecule has 0 saturated heterocycles. The number of fused-ring (bicyclic) bond motifs is 10. The lowest BCUT2D eigenvalue weighted by molar-refractivity contribution is 0.667. The van der Waals surface area contributed by atoms with Crippen LogP contribution in [0.15, 0.2) is 97.2 Å². The van der Waals surface area contributed by atoms with Crippen LogP contribution >= 0.6 is 0 Å². The zero-order chi connectivity index (χ0) is 21.4. The summed E-state index contributed by atoms with van der Waals surface area (Å²) in [6, 6.07) is 32.7. The first-order chi connectivity index (χ1) is 15.7. The first-order valence-electron chi connectivity index (χ1n) is 11.2. The summed E-state index contributed by atoms with van der Waals surface area (Å²) in [5.41, 5.74) is 7.94. The Morgan fingerprint density at radius 2 is 1.38 bits per heavy atom. The Labute approximate surface area is 186 Å². The molecule has 1 aliphatic carbocycles. The molecule has 7 rings (SSSR count). The van der Waals surface area contributed by atoms with Crippen molar-refractivity contribution in [2.45, 2.75) is 19.3 Å². The Morgan fingerprint density at radius 1 is 0.688 bits per heavy atom. The molecule has 2 heteroatoms. The summed E-state index contributed by atoms with van der Waals surface area (Å²) < 4.78 is 2.35. The van der Waals surface area contributed by atoms with E-state index in [1.54, 1.807) is 0 Å². The van der Waals surface area contributed by atoms with Gasteiger partial charge in [-0.25, -0.2) is 4.98 Å². The zero-order valence-electron chi connectivity index (χ0n) is 18.1. The van der Waals surface area contributed by atoms with Crippen LogP contribution in [0, 0.1) is 0 Å². The predicted octanol–water partition coefficient (Wildman–Crippen LogP) is 7.64. The van der Waals surface area contributed by atoms with Gasteiger partial charge in [-0.05, 0) is 45.8 Å². The minimum absolute atomic E-state index is 0.0900. The van der Waals surface area contributed by atoms with Gasteiger partial charge in [-0.2, -0.15) is 0 Å². The number of nitrogens with zero attached hydrogens (tertiary/aromatic N) is 2. The summed E-state index contributed by atoms with van der Waals surface area (Å²) in [5, 5.41) is 5.22. The van der Waals surface area contributed by atoms with E-state index in [1.165, 1.54) is 54.8 Å². The zero-order valence-corrected chi connectivity index (χ0v) is 18.1. The Morgan fingerprint density at radius 3 is 2.19 bits per heavy atom. The molecule has 2 heterocycles. The van der Waals surface area contributed by atoms with E-state index in [2.05, 4.69) is 103 Å². The third-order valence-electron chi connectivity index (χ3n) is 7.20. The van der Waals surface area contributed by atoms with Gasteiger partial charge in [0, 0.05) is 27.8 Å². The number of pyridine rings is 1. The van der Waals surface area contributed by atoms with Crippen molar-refractivity contribution < 1.29 is 0 Å². The van der Waals surface area contributed by atoms with Crippen molar-refractivity contribution in [1.82, 2.24) is 9.55 Å². The molecule has 0 aliphatic heterocycles. The van der Waals surface area contributed by atoms with E-state index in [-0.39, 0.29) is 5.41 Å². The summed E-state index contributed by atoms with van der Waals surface area (Å²) >= 11 is 0. The number of hydrogen-bond acceptors (Lipinski definition) is 1. The number of aromatic nitrogens is 2. The first-order valence-corrected chi connectivity index (χ1v) is 11.2. The van der Waals surface area contributed by atoms with E-state index >= 15 is 0 Å². The largest absolute Gasteiger partial charge is 0.293 e. The summed E-state index contributed by atoms with van der Waals surface area (Å²) in [7, 11) is 0. The number of rotatable bonds is 1. The molecule has 0 N–H and O–H groups in total. The van der Waals surface area contributed by atoms with Crippen molar-refractivity contribution in [2.75, 3.05) is 0 Å². The molecule has 0 fully saturated rings. The van der Waals surface area contributed by atoms with Crippen LogP contribution in [0.4, 0.5) is 0 Å². The van der Waals surface area contributed by atoms with Gasteiger partial charge >= 0.3 is 0 Å². The molecule has 152 valence electrons. The third-order valence-corrected chi connectivity index (χ3v) is 7.20. The molecule has 32 heavy (non-hydrogen) atoms. The van der Waals surface area contributed by atoms with Gasteiger partial charge in [0.05, 0.1) is 11.0 Å². The van der Waals surface area contributed by atoms with E-state index in [1.807, 2.05) is 12.3 Å². The molecule has 6 aromatic rings. The molecule has 0 spiro atoms. The predicted molar refractivity (Wildman–Crippen MR) is 134 cm³/mol. The maximum Gasteiger partial charge on any atom is 0.137 e. The number of hydrogen-bond donors (Lipinski definition) is 0. The van der Waals surface area contributed by atoms with Crippen molar-refractivity contribution in [3.8, 4) is 16.9 Å². The van der Waals surface area contributed by atoms with Crippen molar-refractivity contribution in [2.24, 2.45) is 0 Å². The minimum Gasteiger partial charge on any atom is -0.293 e. The Balaban J connectivity index is 1.83. The Bertz CT molecular complexity index is 1690. The van der Waals surface area contributed by atoms with E-state index < -0.39 is 0 Å². The second kappa shape index (κ2) is 6.08. The molecule has 0 amide bonds. The molecule has 0 radical (unpaired) electrons. The van der Waals surface area contributed by atoms with Crippen LogP contribution in [0.25, 0.3) is 49.5 Å². The highest BCUT2D eigenvalue weighted by molar-refractivity contribution is 6.25. The van der Waals surface area contributed by atoms with Gasteiger partial charge in [0.25, 0.3) is 0 Å². The van der Waals surface area contributed by atoms with Crippen molar-refractivity contribution in [3.63, 3.8) is 0 Å². The van der Waals surface area contributed by atoms with Crippen LogP contribution in [0.3, 0.4) is 0 Å². The molecule has 2 nitrogen and oxygen atoms in total. The fourth-order valence-corrected chi connectivity index (χ4v) is 5.92. The molecule has 4 aromatic carbocycles. The molecular weight excluding hydrogens is 388 g/mol. The van der Waals surface area contributed by atoms with E-state index in [9.17, 15) is 0 Å². The molecule has 0 saturated carbocycles. The summed E-state index contributed by atoms with van der Waals surface area (Å²) in [4.78, 5) is 4.76. The highest BCUT2D eigenvalue weighted by Crippen LogP contribution is 2.56. The lowest BCUT2D eigenvalue weighted by Gasteiger charge is -2.23. The highest BCUT2D eigenvalue weighted by atomic mass is 15.1. The van der Waals surface area contributed by atoms with Gasteiger partial charge < -0.3 is 0 Å². The summed E-state index contributed by atoms with van der Waals surface area (Å²) in [6.45, 7) is 4.75. The average Bonchev–Trinajstić information content (AvgIpc) is 3.30. The maximum absolute atomic E-state index is 4.76. The smallest absolute Gasteiger partial charge is 0.137 e. The fraction of sp³-hybridized carbons (Fsp3) is 0.100. The van der Waals surface area contributed by atoms with Gasteiger partial charge in [-0.15, -0.1) is 0 Å². The van der Waals surface area contributed by atoms with Crippen LogP contribution in [-0.4, -0.2) is 9.55 Å². The summed E-state index contributed by atoms with van der Waals surface area (Å²) in [5.74, 6) is 0.956. The van der Waals surface area contributed by atoms with Gasteiger partial charge in [0.15, 0.2) is 0 Å². The van der Waals surface area contributed by atoms with E-state index in [0.717, 1.165) is 5.82 Å². The minimum atomic E-state index is -0.0900.